The van der Waals surface area contributed by atoms with Crippen LogP contribution < -0.4 is 12.0 Å². The molecule has 2 aromatic rings. The van der Waals surface area contributed by atoms with E-state index in [0.717, 1.165) is 0 Å². The molecule has 4 nitrogen and oxygen atoms in total. The average molecular weight is 386 g/mol. The summed E-state index contributed by atoms with van der Waals surface area (Å²) >= 11 is -0.473. The van der Waals surface area contributed by atoms with E-state index < -0.39 is 26.9 Å². The molecule has 0 saturated heterocycles. The first-order chi connectivity index (χ1) is 9.67. The number of benzene rings is 2. The van der Waals surface area contributed by atoms with E-state index in [4.69, 9.17) is 4.74 Å². The number of rotatable bonds is 5. The molecule has 0 aliphatic carbocycles. The van der Waals surface area contributed by atoms with Crippen molar-refractivity contribution in [1.82, 2.24) is 0 Å². The summed E-state index contributed by atoms with van der Waals surface area (Å²) in [6.07, 6.45) is 0. The number of carbonyl (C=O) groups excluding carboxylic acids is 1. The van der Waals surface area contributed by atoms with Crippen molar-refractivity contribution in [1.29, 1.82) is 0 Å². The molecule has 0 aliphatic rings. The van der Waals surface area contributed by atoms with Gasteiger partial charge >= 0.3 is 127 Å². The molecule has 2 rings (SSSR count). The molecule has 20 heavy (non-hydrogen) atoms. The summed E-state index contributed by atoms with van der Waals surface area (Å²) in [5.74, 6) is 0.539. The molecular weight excluding hydrogens is 372 g/mol. The van der Waals surface area contributed by atoms with E-state index in [1.807, 2.05) is 36.4 Å². The van der Waals surface area contributed by atoms with Gasteiger partial charge < -0.3 is 0 Å². The predicted octanol–water partition coefficient (Wildman–Crippen LogP) is 0.599. The van der Waals surface area contributed by atoms with Gasteiger partial charge in [-0.3, -0.25) is 0 Å². The fourth-order valence-corrected chi connectivity index (χ4v) is 3.79. The van der Waals surface area contributed by atoms with Gasteiger partial charge in [-0.1, -0.05) is 0 Å². The average Bonchev–Trinajstić information content (AvgIpc) is 2.48. The molecule has 5 heteroatoms. The molecule has 0 aliphatic heterocycles. The number of phenols is 1. The van der Waals surface area contributed by atoms with E-state index in [-0.39, 0.29) is 12.4 Å². The Hall–Kier alpha value is -1.70. The molecule has 2 aromatic carbocycles. The first kappa shape index (κ1) is 14.7. The van der Waals surface area contributed by atoms with E-state index in [9.17, 15) is 9.90 Å². The van der Waals surface area contributed by atoms with Crippen molar-refractivity contribution >= 4 is 34.1 Å². The SMILES string of the molecule is COC(=O)COc1ccc([Te]c2ccc(O)cc2)cc1. The zero-order valence-electron chi connectivity index (χ0n) is 10.9. The van der Waals surface area contributed by atoms with Crippen molar-refractivity contribution in [2.24, 2.45) is 0 Å². The maximum atomic E-state index is 11.0. The number of methoxy groups -OCH3 is 1. The monoisotopic (exact) mass is 388 g/mol. The number of phenolic OH excluding ortho intramolecular Hbond substituents is 1. The summed E-state index contributed by atoms with van der Waals surface area (Å²) in [4.78, 5) is 11.0. The Kier molecular flexibility index (Phi) is 5.28. The summed E-state index contributed by atoms with van der Waals surface area (Å²) in [5, 5.41) is 9.24. The van der Waals surface area contributed by atoms with Gasteiger partial charge in [-0.15, -0.1) is 0 Å². The summed E-state index contributed by atoms with van der Waals surface area (Å²) in [6, 6.07) is 15.0. The molecule has 0 bridgehead atoms. The van der Waals surface area contributed by atoms with E-state index in [1.54, 1.807) is 12.1 Å². The Morgan fingerprint density at radius 1 is 1.05 bits per heavy atom. The Labute approximate surface area is 127 Å². The van der Waals surface area contributed by atoms with Crippen LogP contribution in [0.25, 0.3) is 0 Å². The first-order valence-corrected chi connectivity index (χ1v) is 8.27. The minimum absolute atomic E-state index is 0.0789. The minimum atomic E-state index is -0.473. The Morgan fingerprint density at radius 3 is 2.15 bits per heavy atom. The van der Waals surface area contributed by atoms with E-state index >= 15 is 0 Å². The number of ether oxygens (including phenoxy) is 2. The second-order valence-corrected chi connectivity index (χ2v) is 7.21. The number of hydrogen-bond acceptors (Lipinski definition) is 4. The van der Waals surface area contributed by atoms with Crippen LogP contribution in [0.1, 0.15) is 0 Å². The standard InChI is InChI=1S/C15H14O4Te/c1-18-15(17)10-19-12-4-8-14(9-5-12)20-13-6-2-11(16)3-7-13/h2-9,16H,10H2,1H3. The van der Waals surface area contributed by atoms with E-state index in [0.29, 0.717) is 5.75 Å². The number of aromatic hydroxyl groups is 1. The van der Waals surface area contributed by atoms with Gasteiger partial charge in [0.1, 0.15) is 0 Å². The normalized spacial score (nSPS) is 10.1. The van der Waals surface area contributed by atoms with Crippen LogP contribution in [0.2, 0.25) is 0 Å². The van der Waals surface area contributed by atoms with Crippen LogP contribution in [0.4, 0.5) is 0 Å². The molecule has 0 saturated carbocycles. The first-order valence-electron chi connectivity index (χ1n) is 5.94. The molecule has 0 unspecified atom stereocenters. The van der Waals surface area contributed by atoms with Gasteiger partial charge in [-0.2, -0.15) is 0 Å². The van der Waals surface area contributed by atoms with Crippen molar-refractivity contribution in [2.75, 3.05) is 13.7 Å². The second kappa shape index (κ2) is 7.18. The van der Waals surface area contributed by atoms with Crippen LogP contribution in [-0.4, -0.2) is 45.7 Å². The molecule has 0 spiro atoms. The van der Waals surface area contributed by atoms with E-state index in [2.05, 4.69) is 4.74 Å². The van der Waals surface area contributed by atoms with Gasteiger partial charge in [-0.25, -0.2) is 0 Å². The van der Waals surface area contributed by atoms with Crippen LogP contribution in [0.15, 0.2) is 48.5 Å². The summed E-state index contributed by atoms with van der Waals surface area (Å²) in [5.41, 5.74) is 0. The molecule has 104 valence electrons. The fourth-order valence-electron chi connectivity index (χ4n) is 1.46. The molecule has 0 heterocycles. The number of esters is 1. The third kappa shape index (κ3) is 4.44. The fraction of sp³-hybridized carbons (Fsp3) is 0.133. The summed E-state index contributed by atoms with van der Waals surface area (Å²) in [6.45, 7) is -0.0789. The zero-order valence-corrected chi connectivity index (χ0v) is 13.2. The molecular formula is C15H14O4Te. The van der Waals surface area contributed by atoms with Gasteiger partial charge in [0.15, 0.2) is 0 Å². The van der Waals surface area contributed by atoms with E-state index in [1.165, 1.54) is 14.3 Å². The van der Waals surface area contributed by atoms with Crippen LogP contribution in [0, 0.1) is 0 Å². The second-order valence-electron chi connectivity index (χ2n) is 3.93. The summed E-state index contributed by atoms with van der Waals surface area (Å²) < 4.78 is 12.3. The third-order valence-electron chi connectivity index (χ3n) is 2.48. The van der Waals surface area contributed by atoms with Gasteiger partial charge in [0, 0.05) is 0 Å². The van der Waals surface area contributed by atoms with Crippen molar-refractivity contribution < 1.29 is 19.4 Å². The predicted molar refractivity (Wildman–Crippen MR) is 77.1 cm³/mol. The topological polar surface area (TPSA) is 55.8 Å². The Bertz CT molecular complexity index is 563. The van der Waals surface area contributed by atoms with Crippen molar-refractivity contribution in [2.45, 2.75) is 0 Å². The van der Waals surface area contributed by atoms with Gasteiger partial charge in [0.2, 0.25) is 0 Å². The Balaban J connectivity index is 1.94. The van der Waals surface area contributed by atoms with Gasteiger partial charge in [0.05, 0.1) is 0 Å². The van der Waals surface area contributed by atoms with Crippen molar-refractivity contribution in [3.05, 3.63) is 48.5 Å². The molecule has 0 amide bonds. The molecule has 0 radical (unpaired) electrons. The van der Waals surface area contributed by atoms with Crippen LogP contribution >= 0.6 is 0 Å². The van der Waals surface area contributed by atoms with Crippen molar-refractivity contribution in [3.8, 4) is 11.5 Å². The summed E-state index contributed by atoms with van der Waals surface area (Å²) in [7, 11) is 1.33. The van der Waals surface area contributed by atoms with Gasteiger partial charge in [0.25, 0.3) is 0 Å². The molecule has 0 aromatic heterocycles. The molecule has 0 fully saturated rings. The van der Waals surface area contributed by atoms with Crippen LogP contribution in [0.5, 0.6) is 11.5 Å². The van der Waals surface area contributed by atoms with Crippen molar-refractivity contribution in [3.63, 3.8) is 0 Å². The van der Waals surface area contributed by atoms with Crippen LogP contribution in [0.3, 0.4) is 0 Å². The zero-order chi connectivity index (χ0) is 14.4. The quantitative estimate of drug-likeness (QED) is 0.605. The number of hydrogen-bond donors (Lipinski definition) is 1. The molecule has 1 N–H and O–H groups in total. The van der Waals surface area contributed by atoms with Gasteiger partial charge in [-0.05, 0) is 0 Å². The number of carbonyl (C=O) groups is 1. The molecule has 0 atom stereocenters. The maximum absolute atomic E-state index is 11.0. The Morgan fingerprint density at radius 2 is 1.60 bits per heavy atom. The third-order valence-corrected chi connectivity index (χ3v) is 5.38. The van der Waals surface area contributed by atoms with Crippen LogP contribution in [-0.2, 0) is 9.53 Å².